The van der Waals surface area contributed by atoms with Gasteiger partial charge in [-0.3, -0.25) is 0 Å². The van der Waals surface area contributed by atoms with Crippen molar-refractivity contribution in [2.75, 3.05) is 24.2 Å². The molecule has 0 radical (unpaired) electrons. The number of benzene rings is 1. The molecule has 2 rings (SSSR count). The molecule has 1 aliphatic rings. The Kier molecular flexibility index (Phi) is 3.88. The summed E-state index contributed by atoms with van der Waals surface area (Å²) in [5.41, 5.74) is 7.22. The van der Waals surface area contributed by atoms with Gasteiger partial charge in [-0.2, -0.15) is 0 Å². The van der Waals surface area contributed by atoms with Gasteiger partial charge in [0.05, 0.1) is 17.5 Å². The molecule has 0 bridgehead atoms. The fourth-order valence-electron chi connectivity index (χ4n) is 2.34. The Labute approximate surface area is 114 Å². The summed E-state index contributed by atoms with van der Waals surface area (Å²) in [4.78, 5) is 2.09. The molecule has 0 heterocycles. The molecular formula is C15H23FN2O. The molecule has 1 aromatic rings. The molecular weight excluding hydrogens is 243 g/mol. The highest BCUT2D eigenvalue weighted by atomic mass is 19.1. The van der Waals surface area contributed by atoms with E-state index in [4.69, 9.17) is 10.5 Å². The molecule has 0 spiro atoms. The molecule has 1 aromatic carbocycles. The first-order valence-corrected chi connectivity index (χ1v) is 6.85. The molecule has 2 unspecified atom stereocenters. The van der Waals surface area contributed by atoms with Crippen molar-refractivity contribution in [3.8, 4) is 5.75 Å². The van der Waals surface area contributed by atoms with Crippen molar-refractivity contribution in [2.24, 2.45) is 11.8 Å². The van der Waals surface area contributed by atoms with Gasteiger partial charge in [0.25, 0.3) is 0 Å². The molecule has 0 amide bonds. The van der Waals surface area contributed by atoms with Gasteiger partial charge in [-0.1, -0.05) is 6.92 Å². The lowest BCUT2D eigenvalue weighted by atomic mass is 10.2. The maximum atomic E-state index is 13.8. The van der Waals surface area contributed by atoms with Crippen LogP contribution in [0.15, 0.2) is 12.1 Å². The molecule has 3 nitrogen and oxygen atoms in total. The first kappa shape index (κ1) is 14.0. The van der Waals surface area contributed by atoms with Crippen LogP contribution in [0.4, 0.5) is 15.8 Å². The van der Waals surface area contributed by atoms with Crippen LogP contribution in [-0.2, 0) is 0 Å². The van der Waals surface area contributed by atoms with E-state index in [-0.39, 0.29) is 11.9 Å². The van der Waals surface area contributed by atoms with Gasteiger partial charge in [0.15, 0.2) is 11.6 Å². The van der Waals surface area contributed by atoms with E-state index < -0.39 is 5.82 Å². The van der Waals surface area contributed by atoms with Crippen LogP contribution in [-0.4, -0.2) is 19.7 Å². The first-order chi connectivity index (χ1) is 8.88. The van der Waals surface area contributed by atoms with Crippen LogP contribution in [0.3, 0.4) is 0 Å². The van der Waals surface area contributed by atoms with Crippen molar-refractivity contribution >= 4 is 11.4 Å². The predicted molar refractivity (Wildman–Crippen MR) is 77.1 cm³/mol. The van der Waals surface area contributed by atoms with Crippen LogP contribution in [0.1, 0.15) is 27.2 Å². The number of anilines is 2. The predicted octanol–water partition coefficient (Wildman–Crippen LogP) is 3.29. The minimum atomic E-state index is -0.400. The lowest BCUT2D eigenvalue weighted by Gasteiger charge is -2.23. The van der Waals surface area contributed by atoms with Gasteiger partial charge in [0.2, 0.25) is 0 Å². The second-order valence-corrected chi connectivity index (χ2v) is 5.86. The highest BCUT2D eigenvalue weighted by Gasteiger charge is 2.33. The van der Waals surface area contributed by atoms with Crippen LogP contribution < -0.4 is 15.4 Å². The molecule has 2 atom stereocenters. The largest absolute Gasteiger partial charge is 0.488 e. The minimum absolute atomic E-state index is 0.0558. The van der Waals surface area contributed by atoms with Crippen LogP contribution >= 0.6 is 0 Å². The van der Waals surface area contributed by atoms with Gasteiger partial charge in [0, 0.05) is 25.7 Å². The summed E-state index contributed by atoms with van der Waals surface area (Å²) in [6.45, 7) is 6.97. The molecule has 0 aromatic heterocycles. The van der Waals surface area contributed by atoms with Gasteiger partial charge in [-0.15, -0.1) is 0 Å². The number of ether oxygens (including phenoxy) is 1. The van der Waals surface area contributed by atoms with Crippen molar-refractivity contribution < 1.29 is 9.13 Å². The molecule has 0 saturated heterocycles. The Hall–Kier alpha value is -1.45. The zero-order chi connectivity index (χ0) is 14.2. The number of nitrogen functional groups attached to an aromatic ring is 1. The van der Waals surface area contributed by atoms with Gasteiger partial charge in [-0.25, -0.2) is 4.39 Å². The molecule has 2 N–H and O–H groups in total. The average Bonchev–Trinajstić information content (AvgIpc) is 2.97. The summed E-state index contributed by atoms with van der Waals surface area (Å²) < 4.78 is 19.2. The highest BCUT2D eigenvalue weighted by Crippen LogP contribution is 2.40. The zero-order valence-electron chi connectivity index (χ0n) is 12.1. The fourth-order valence-corrected chi connectivity index (χ4v) is 2.34. The second kappa shape index (κ2) is 5.27. The maximum absolute atomic E-state index is 13.8. The third kappa shape index (κ3) is 3.31. The molecule has 1 fully saturated rings. The van der Waals surface area contributed by atoms with Crippen LogP contribution in [0.25, 0.3) is 0 Å². The lowest BCUT2D eigenvalue weighted by molar-refractivity contribution is 0.231. The summed E-state index contributed by atoms with van der Waals surface area (Å²) in [5.74, 6) is 1.39. The van der Waals surface area contributed by atoms with Crippen molar-refractivity contribution in [1.82, 2.24) is 0 Å². The monoisotopic (exact) mass is 266 g/mol. The SMILES string of the molecule is CC(C)Oc1cc(N(C)CC2CC2C)c(N)cc1F. The van der Waals surface area contributed by atoms with E-state index >= 15 is 0 Å². The summed E-state index contributed by atoms with van der Waals surface area (Å²) in [5, 5.41) is 0. The molecule has 4 heteroatoms. The molecule has 19 heavy (non-hydrogen) atoms. The molecule has 0 aliphatic heterocycles. The van der Waals surface area contributed by atoms with Gasteiger partial charge < -0.3 is 15.4 Å². The van der Waals surface area contributed by atoms with E-state index in [0.29, 0.717) is 5.69 Å². The lowest BCUT2D eigenvalue weighted by Crippen LogP contribution is -2.22. The number of nitrogens with two attached hydrogens (primary N) is 1. The van der Waals surface area contributed by atoms with E-state index in [0.717, 1.165) is 24.1 Å². The van der Waals surface area contributed by atoms with Crippen LogP contribution in [0.2, 0.25) is 0 Å². The van der Waals surface area contributed by atoms with E-state index in [1.165, 1.54) is 12.5 Å². The number of hydrogen-bond donors (Lipinski definition) is 1. The van der Waals surface area contributed by atoms with Crippen molar-refractivity contribution in [3.05, 3.63) is 17.9 Å². The Morgan fingerprint density at radius 2 is 2.11 bits per heavy atom. The third-order valence-corrected chi connectivity index (χ3v) is 3.64. The van der Waals surface area contributed by atoms with E-state index in [9.17, 15) is 4.39 Å². The van der Waals surface area contributed by atoms with Gasteiger partial charge in [0.1, 0.15) is 0 Å². The number of rotatable bonds is 5. The molecule has 106 valence electrons. The zero-order valence-corrected chi connectivity index (χ0v) is 12.1. The van der Waals surface area contributed by atoms with E-state index in [1.807, 2.05) is 20.9 Å². The summed E-state index contributed by atoms with van der Waals surface area (Å²) in [7, 11) is 1.99. The van der Waals surface area contributed by atoms with Crippen LogP contribution in [0, 0.1) is 17.7 Å². The van der Waals surface area contributed by atoms with Gasteiger partial charge >= 0.3 is 0 Å². The van der Waals surface area contributed by atoms with Crippen molar-refractivity contribution in [2.45, 2.75) is 33.3 Å². The molecule has 1 aliphatic carbocycles. The first-order valence-electron chi connectivity index (χ1n) is 6.85. The smallest absolute Gasteiger partial charge is 0.167 e. The van der Waals surface area contributed by atoms with E-state index in [1.54, 1.807) is 6.07 Å². The number of halogens is 1. The van der Waals surface area contributed by atoms with Crippen molar-refractivity contribution in [1.29, 1.82) is 0 Å². The van der Waals surface area contributed by atoms with Gasteiger partial charge in [-0.05, 0) is 32.1 Å². The Morgan fingerprint density at radius 3 is 2.63 bits per heavy atom. The quantitative estimate of drug-likeness (QED) is 0.831. The minimum Gasteiger partial charge on any atom is -0.488 e. The number of nitrogens with zero attached hydrogens (tertiary/aromatic N) is 1. The van der Waals surface area contributed by atoms with Crippen molar-refractivity contribution in [3.63, 3.8) is 0 Å². The fraction of sp³-hybridized carbons (Fsp3) is 0.600. The second-order valence-electron chi connectivity index (χ2n) is 5.86. The Morgan fingerprint density at radius 1 is 1.47 bits per heavy atom. The molecule has 1 saturated carbocycles. The normalized spacial score (nSPS) is 21.6. The van der Waals surface area contributed by atoms with Crippen LogP contribution in [0.5, 0.6) is 5.75 Å². The summed E-state index contributed by atoms with van der Waals surface area (Å²) >= 11 is 0. The topological polar surface area (TPSA) is 38.5 Å². The Balaban J connectivity index is 2.18. The summed E-state index contributed by atoms with van der Waals surface area (Å²) in [6, 6.07) is 3.05. The average molecular weight is 266 g/mol. The highest BCUT2D eigenvalue weighted by molar-refractivity contribution is 5.69. The van der Waals surface area contributed by atoms with E-state index in [2.05, 4.69) is 11.8 Å². The summed E-state index contributed by atoms with van der Waals surface area (Å²) in [6.07, 6.45) is 1.21. The number of hydrogen-bond acceptors (Lipinski definition) is 3. The third-order valence-electron chi connectivity index (χ3n) is 3.64. The Bertz CT molecular complexity index is 462. The maximum Gasteiger partial charge on any atom is 0.167 e. The standard InChI is InChI=1S/C15H23FN2O/c1-9(2)19-15-7-14(13(17)6-12(15)16)18(4)8-11-5-10(11)3/h6-7,9-11H,5,8,17H2,1-4H3.